The Morgan fingerprint density at radius 1 is 0.880 bits per heavy atom. The molecule has 2 N–H and O–H groups in total. The summed E-state index contributed by atoms with van der Waals surface area (Å²) in [5.74, 6) is 0. The predicted molar refractivity (Wildman–Crippen MR) is 90.4 cm³/mol. The summed E-state index contributed by atoms with van der Waals surface area (Å²) in [4.78, 5) is 20.3. The lowest BCUT2D eigenvalue weighted by molar-refractivity contribution is -0.385. The molecule has 2 rings (SSSR count). The van der Waals surface area contributed by atoms with Gasteiger partial charge in [-0.2, -0.15) is 0 Å². The van der Waals surface area contributed by atoms with Crippen LogP contribution in [-0.4, -0.2) is 20.1 Å². The van der Waals surface area contributed by atoms with Crippen molar-refractivity contribution in [2.75, 3.05) is 0 Å². The van der Waals surface area contributed by atoms with Crippen LogP contribution in [0.4, 0.5) is 11.4 Å². The summed E-state index contributed by atoms with van der Waals surface area (Å²) in [6, 6.07) is 9.49. The molecular formula is C16H15ClN2O6. The van der Waals surface area contributed by atoms with Gasteiger partial charge in [0.05, 0.1) is 22.1 Å². The van der Waals surface area contributed by atoms with Gasteiger partial charge in [-0.15, -0.1) is 0 Å². The van der Waals surface area contributed by atoms with Crippen molar-refractivity contribution in [2.45, 2.75) is 25.0 Å². The molecule has 2 aromatic rings. The molecule has 2 atom stereocenters. The number of aliphatic hydroxyl groups is 2. The van der Waals surface area contributed by atoms with Crippen LogP contribution >= 0.6 is 11.6 Å². The molecular weight excluding hydrogens is 352 g/mol. The van der Waals surface area contributed by atoms with Gasteiger partial charge in [-0.1, -0.05) is 17.7 Å². The molecule has 25 heavy (non-hydrogen) atoms. The molecule has 0 spiro atoms. The summed E-state index contributed by atoms with van der Waals surface area (Å²) in [6.07, 6.45) is -1.60. The molecule has 0 aliphatic carbocycles. The minimum Gasteiger partial charge on any atom is -0.388 e. The molecule has 0 aliphatic heterocycles. The van der Waals surface area contributed by atoms with Gasteiger partial charge in [-0.3, -0.25) is 20.2 Å². The van der Waals surface area contributed by atoms with Crippen molar-refractivity contribution in [3.05, 3.63) is 78.8 Å². The number of hydrogen-bond donors (Lipinski definition) is 2. The van der Waals surface area contributed by atoms with E-state index in [1.807, 2.05) is 0 Å². The van der Waals surface area contributed by atoms with Gasteiger partial charge in [0.25, 0.3) is 11.4 Å². The van der Waals surface area contributed by atoms with E-state index in [0.29, 0.717) is 11.1 Å². The Morgan fingerprint density at radius 2 is 1.40 bits per heavy atom. The van der Waals surface area contributed by atoms with Crippen molar-refractivity contribution in [2.24, 2.45) is 0 Å². The molecule has 2 aromatic carbocycles. The Bertz CT molecular complexity index is 781. The largest absolute Gasteiger partial charge is 0.388 e. The number of rotatable bonds is 7. The molecule has 0 saturated heterocycles. The van der Waals surface area contributed by atoms with Gasteiger partial charge in [0.1, 0.15) is 5.02 Å². The second-order valence-electron chi connectivity index (χ2n) is 5.43. The molecule has 132 valence electrons. The molecule has 0 radical (unpaired) electrons. The molecule has 0 heterocycles. The fourth-order valence-corrected chi connectivity index (χ4v) is 2.53. The lowest BCUT2D eigenvalue weighted by Crippen LogP contribution is -2.04. The van der Waals surface area contributed by atoms with E-state index in [-0.39, 0.29) is 29.2 Å². The summed E-state index contributed by atoms with van der Waals surface area (Å²) in [5.41, 5.74) is 0.436. The van der Waals surface area contributed by atoms with Crippen LogP contribution in [0.15, 0.2) is 42.5 Å². The number of nitro benzene ring substituents is 2. The van der Waals surface area contributed by atoms with Gasteiger partial charge >= 0.3 is 0 Å². The minimum absolute atomic E-state index is 0.0214. The first kappa shape index (κ1) is 18.8. The maximum absolute atomic E-state index is 10.9. The van der Waals surface area contributed by atoms with Crippen molar-refractivity contribution < 1.29 is 20.1 Å². The van der Waals surface area contributed by atoms with E-state index < -0.39 is 22.1 Å². The molecule has 0 saturated carbocycles. The zero-order chi connectivity index (χ0) is 18.6. The third-order valence-electron chi connectivity index (χ3n) is 3.75. The molecule has 8 nitrogen and oxygen atoms in total. The second-order valence-corrected chi connectivity index (χ2v) is 5.83. The monoisotopic (exact) mass is 366 g/mol. The van der Waals surface area contributed by atoms with Crippen LogP contribution in [0.2, 0.25) is 5.02 Å². The van der Waals surface area contributed by atoms with Crippen LogP contribution in [0.1, 0.15) is 36.2 Å². The van der Waals surface area contributed by atoms with E-state index in [2.05, 4.69) is 0 Å². The fourth-order valence-electron chi connectivity index (χ4n) is 2.34. The fraction of sp³-hybridized carbons (Fsp3) is 0.250. The number of non-ortho nitro benzene ring substituents is 1. The lowest BCUT2D eigenvalue weighted by Gasteiger charge is -2.15. The quantitative estimate of drug-likeness (QED) is 0.568. The Kier molecular flexibility index (Phi) is 6.02. The minimum atomic E-state index is -1.01. The van der Waals surface area contributed by atoms with E-state index >= 15 is 0 Å². The molecule has 2 unspecified atom stereocenters. The van der Waals surface area contributed by atoms with Gasteiger partial charge in [0.15, 0.2) is 0 Å². The van der Waals surface area contributed by atoms with Gasteiger partial charge in [0, 0.05) is 18.2 Å². The van der Waals surface area contributed by atoms with Crippen molar-refractivity contribution in [1.29, 1.82) is 0 Å². The smallest absolute Gasteiger partial charge is 0.288 e. The molecule has 0 aromatic heterocycles. The topological polar surface area (TPSA) is 127 Å². The molecule has 0 aliphatic rings. The van der Waals surface area contributed by atoms with Gasteiger partial charge in [-0.25, -0.2) is 0 Å². The number of benzene rings is 2. The lowest BCUT2D eigenvalue weighted by atomic mass is 9.99. The van der Waals surface area contributed by atoms with Crippen molar-refractivity contribution in [3.63, 3.8) is 0 Å². The Morgan fingerprint density at radius 3 is 1.92 bits per heavy atom. The summed E-state index contributed by atoms with van der Waals surface area (Å²) < 4.78 is 0. The summed E-state index contributed by atoms with van der Waals surface area (Å²) in [5, 5.41) is 41.7. The normalized spacial score (nSPS) is 13.2. The summed E-state index contributed by atoms with van der Waals surface area (Å²) in [7, 11) is 0. The molecule has 0 fully saturated rings. The zero-order valence-corrected chi connectivity index (χ0v) is 13.7. The Hall–Kier alpha value is -2.55. The predicted octanol–water partition coefficient (Wildman–Crippen LogP) is 3.70. The second kappa shape index (κ2) is 8.02. The third kappa shape index (κ3) is 4.72. The molecule has 0 amide bonds. The first-order valence-electron chi connectivity index (χ1n) is 7.34. The maximum atomic E-state index is 10.9. The van der Waals surface area contributed by atoms with Crippen LogP contribution in [0.25, 0.3) is 0 Å². The highest BCUT2D eigenvalue weighted by Gasteiger charge is 2.18. The molecule has 9 heteroatoms. The van der Waals surface area contributed by atoms with E-state index in [0.717, 1.165) is 0 Å². The van der Waals surface area contributed by atoms with Crippen LogP contribution < -0.4 is 0 Å². The first-order chi connectivity index (χ1) is 11.8. The third-order valence-corrected chi connectivity index (χ3v) is 4.07. The highest BCUT2D eigenvalue weighted by molar-refractivity contribution is 6.32. The highest BCUT2D eigenvalue weighted by atomic mass is 35.5. The Labute approximate surface area is 147 Å². The number of nitrogens with zero attached hydrogens (tertiary/aromatic N) is 2. The van der Waals surface area contributed by atoms with Gasteiger partial charge in [0.2, 0.25) is 0 Å². The number of halogens is 1. The zero-order valence-electron chi connectivity index (χ0n) is 12.9. The average molecular weight is 367 g/mol. The van der Waals surface area contributed by atoms with Crippen LogP contribution in [0, 0.1) is 20.2 Å². The van der Waals surface area contributed by atoms with E-state index in [9.17, 15) is 30.4 Å². The Balaban J connectivity index is 2.01. The van der Waals surface area contributed by atoms with E-state index in [1.165, 1.54) is 42.5 Å². The van der Waals surface area contributed by atoms with Gasteiger partial charge in [-0.05, 0) is 42.2 Å². The van der Waals surface area contributed by atoms with Crippen LogP contribution in [0.5, 0.6) is 0 Å². The van der Waals surface area contributed by atoms with Crippen molar-refractivity contribution in [3.8, 4) is 0 Å². The number of aliphatic hydroxyl groups excluding tert-OH is 2. The first-order valence-corrected chi connectivity index (χ1v) is 7.71. The standard InChI is InChI=1S/C16H15ClN2O6/c17-13-6-3-11(9-14(13)19(24)25)16(21)8-7-15(20)10-1-4-12(5-2-10)18(22)23/h1-6,9,15-16,20-21H,7-8H2. The highest BCUT2D eigenvalue weighted by Crippen LogP contribution is 2.31. The number of nitro groups is 2. The summed E-state index contributed by atoms with van der Waals surface area (Å²) in [6.45, 7) is 0. The van der Waals surface area contributed by atoms with Crippen molar-refractivity contribution >= 4 is 23.0 Å². The van der Waals surface area contributed by atoms with E-state index in [1.54, 1.807) is 0 Å². The molecule has 0 bridgehead atoms. The van der Waals surface area contributed by atoms with Crippen molar-refractivity contribution in [1.82, 2.24) is 0 Å². The van der Waals surface area contributed by atoms with E-state index in [4.69, 9.17) is 11.6 Å². The van der Waals surface area contributed by atoms with Gasteiger partial charge < -0.3 is 10.2 Å². The van der Waals surface area contributed by atoms with Crippen LogP contribution in [0.3, 0.4) is 0 Å². The average Bonchev–Trinajstić information content (AvgIpc) is 2.59. The number of hydrogen-bond acceptors (Lipinski definition) is 6. The SMILES string of the molecule is O=[N+]([O-])c1ccc(C(O)CCC(O)c2ccc(Cl)c([N+](=O)[O-])c2)cc1. The van der Waals surface area contributed by atoms with Crippen LogP contribution in [-0.2, 0) is 0 Å². The maximum Gasteiger partial charge on any atom is 0.288 e. The summed E-state index contributed by atoms with van der Waals surface area (Å²) >= 11 is 5.73.